The van der Waals surface area contributed by atoms with Crippen molar-refractivity contribution in [1.29, 1.82) is 0 Å². The van der Waals surface area contributed by atoms with Gasteiger partial charge in [-0.2, -0.15) is 0 Å². The first-order chi connectivity index (χ1) is 6.61. The van der Waals surface area contributed by atoms with E-state index in [-0.39, 0.29) is 11.9 Å². The average Bonchev–Trinajstić information content (AvgIpc) is 2.14. The Balaban J connectivity index is 2.56. The van der Waals surface area contributed by atoms with Crippen LogP contribution in [0.25, 0.3) is 0 Å². The zero-order valence-electron chi connectivity index (χ0n) is 8.66. The fraction of sp³-hybridized carbons (Fsp3) is 0.364. The number of amides is 1. The fourth-order valence-electron chi connectivity index (χ4n) is 1.83. The molecule has 0 fully saturated rings. The number of carbonyl (C=O) groups excluding carboxylic acids is 1. The topological polar surface area (TPSA) is 32.3 Å². The number of hydrogen-bond donors (Lipinski definition) is 1. The van der Waals surface area contributed by atoms with E-state index < -0.39 is 0 Å². The lowest BCUT2D eigenvalue weighted by Crippen LogP contribution is -2.44. The second-order valence-electron chi connectivity index (χ2n) is 3.75. The van der Waals surface area contributed by atoms with Crippen LogP contribution in [-0.2, 0) is 4.79 Å². The van der Waals surface area contributed by atoms with Crippen molar-refractivity contribution in [3.63, 3.8) is 0 Å². The molecule has 1 atom stereocenters. The van der Waals surface area contributed by atoms with Crippen LogP contribution in [0, 0.1) is 6.92 Å². The van der Waals surface area contributed by atoms with Gasteiger partial charge in [-0.05, 0) is 25.5 Å². The highest BCUT2D eigenvalue weighted by Crippen LogP contribution is 2.33. The largest absolute Gasteiger partial charge is 0.361 e. The number of hydrogen-bond acceptors (Lipinski definition) is 2. The number of anilines is 2. The highest BCUT2D eigenvalue weighted by Gasteiger charge is 2.27. The molecule has 0 radical (unpaired) electrons. The van der Waals surface area contributed by atoms with Gasteiger partial charge in [-0.15, -0.1) is 0 Å². The van der Waals surface area contributed by atoms with Crippen LogP contribution >= 0.6 is 0 Å². The van der Waals surface area contributed by atoms with Gasteiger partial charge in [0.25, 0.3) is 0 Å². The van der Waals surface area contributed by atoms with Gasteiger partial charge in [-0.1, -0.05) is 12.1 Å². The molecule has 1 aromatic rings. The Morgan fingerprint density at radius 2 is 2.14 bits per heavy atom. The number of nitrogens with one attached hydrogen (secondary N) is 1. The van der Waals surface area contributed by atoms with Gasteiger partial charge in [0.15, 0.2) is 0 Å². The second kappa shape index (κ2) is 3.01. The van der Waals surface area contributed by atoms with Crippen LogP contribution in [0.4, 0.5) is 11.4 Å². The fourth-order valence-corrected chi connectivity index (χ4v) is 1.83. The molecular formula is C11H14N2O. The number of benzene rings is 1. The molecule has 1 aromatic carbocycles. The van der Waals surface area contributed by atoms with E-state index in [1.807, 2.05) is 31.0 Å². The van der Waals surface area contributed by atoms with E-state index in [4.69, 9.17) is 0 Å². The molecule has 0 aromatic heterocycles. The molecule has 1 amide bonds. The van der Waals surface area contributed by atoms with E-state index in [9.17, 15) is 4.79 Å². The average molecular weight is 190 g/mol. The molecule has 3 heteroatoms. The molecule has 0 spiro atoms. The highest BCUT2D eigenvalue weighted by molar-refractivity contribution is 6.03. The lowest BCUT2D eigenvalue weighted by molar-refractivity contribution is -0.117. The lowest BCUT2D eigenvalue weighted by atomic mass is 10.1. The molecular weight excluding hydrogens is 176 g/mol. The van der Waals surface area contributed by atoms with Crippen molar-refractivity contribution in [2.45, 2.75) is 19.9 Å². The van der Waals surface area contributed by atoms with Crippen molar-refractivity contribution in [2.75, 3.05) is 17.3 Å². The summed E-state index contributed by atoms with van der Waals surface area (Å²) in [6.07, 6.45) is 0. The first-order valence-corrected chi connectivity index (χ1v) is 4.74. The summed E-state index contributed by atoms with van der Waals surface area (Å²) >= 11 is 0. The molecule has 1 heterocycles. The molecule has 2 rings (SSSR count). The standard InChI is InChI=1S/C11H14N2O/c1-7-5-4-6-9-10(7)13(3)8(2)11(14)12-9/h4-6,8H,1-3H3,(H,12,14). The number of rotatable bonds is 0. The first-order valence-electron chi connectivity index (χ1n) is 4.74. The van der Waals surface area contributed by atoms with Crippen LogP contribution in [0.1, 0.15) is 12.5 Å². The molecule has 0 saturated carbocycles. The Labute approximate surface area is 83.7 Å². The Bertz CT molecular complexity index is 387. The van der Waals surface area contributed by atoms with Gasteiger partial charge < -0.3 is 10.2 Å². The van der Waals surface area contributed by atoms with E-state index in [1.54, 1.807) is 0 Å². The van der Waals surface area contributed by atoms with Crippen LogP contribution in [0.15, 0.2) is 18.2 Å². The number of para-hydroxylation sites is 1. The first kappa shape index (κ1) is 9.06. The van der Waals surface area contributed by atoms with E-state index in [0.717, 1.165) is 11.4 Å². The second-order valence-corrected chi connectivity index (χ2v) is 3.75. The molecule has 0 saturated heterocycles. The van der Waals surface area contributed by atoms with E-state index >= 15 is 0 Å². The maximum Gasteiger partial charge on any atom is 0.246 e. The zero-order chi connectivity index (χ0) is 10.3. The molecule has 1 unspecified atom stereocenters. The van der Waals surface area contributed by atoms with Gasteiger partial charge in [-0.25, -0.2) is 0 Å². The Morgan fingerprint density at radius 1 is 1.43 bits per heavy atom. The molecule has 0 aliphatic carbocycles. The maximum absolute atomic E-state index is 11.5. The van der Waals surface area contributed by atoms with Crippen LogP contribution in [0.3, 0.4) is 0 Å². The normalized spacial score (nSPS) is 20.4. The zero-order valence-corrected chi connectivity index (χ0v) is 8.66. The van der Waals surface area contributed by atoms with Gasteiger partial charge in [0.1, 0.15) is 6.04 Å². The van der Waals surface area contributed by atoms with Crippen molar-refractivity contribution < 1.29 is 4.79 Å². The van der Waals surface area contributed by atoms with Crippen molar-refractivity contribution in [3.8, 4) is 0 Å². The Kier molecular flexibility index (Phi) is 1.95. The van der Waals surface area contributed by atoms with Gasteiger partial charge in [0, 0.05) is 7.05 Å². The number of fused-ring (bicyclic) bond motifs is 1. The molecule has 1 aliphatic heterocycles. The van der Waals surface area contributed by atoms with Crippen LogP contribution in [0.2, 0.25) is 0 Å². The molecule has 14 heavy (non-hydrogen) atoms. The molecule has 1 N–H and O–H groups in total. The summed E-state index contributed by atoms with van der Waals surface area (Å²) in [4.78, 5) is 13.5. The minimum Gasteiger partial charge on any atom is -0.361 e. The van der Waals surface area contributed by atoms with Gasteiger partial charge in [0.05, 0.1) is 11.4 Å². The summed E-state index contributed by atoms with van der Waals surface area (Å²) in [5.41, 5.74) is 3.23. The van der Waals surface area contributed by atoms with Crippen molar-refractivity contribution in [1.82, 2.24) is 0 Å². The number of likely N-dealkylation sites (N-methyl/N-ethyl adjacent to an activating group) is 1. The van der Waals surface area contributed by atoms with E-state index in [1.165, 1.54) is 5.56 Å². The molecule has 1 aliphatic rings. The monoisotopic (exact) mass is 190 g/mol. The maximum atomic E-state index is 11.5. The van der Waals surface area contributed by atoms with Crippen LogP contribution in [-0.4, -0.2) is 19.0 Å². The molecule has 0 bridgehead atoms. The number of nitrogens with zero attached hydrogens (tertiary/aromatic N) is 1. The lowest BCUT2D eigenvalue weighted by Gasteiger charge is -2.34. The Morgan fingerprint density at radius 3 is 2.86 bits per heavy atom. The quantitative estimate of drug-likeness (QED) is 0.676. The summed E-state index contributed by atoms with van der Waals surface area (Å²) in [6, 6.07) is 5.85. The van der Waals surface area contributed by atoms with Crippen LogP contribution < -0.4 is 10.2 Å². The smallest absolute Gasteiger partial charge is 0.246 e. The van der Waals surface area contributed by atoms with Gasteiger partial charge in [0.2, 0.25) is 5.91 Å². The third-order valence-corrected chi connectivity index (χ3v) is 2.81. The summed E-state index contributed by atoms with van der Waals surface area (Å²) in [7, 11) is 1.95. The number of aryl methyl sites for hydroxylation is 1. The molecule has 3 nitrogen and oxygen atoms in total. The van der Waals surface area contributed by atoms with Gasteiger partial charge >= 0.3 is 0 Å². The predicted octanol–water partition coefficient (Wildman–Crippen LogP) is 1.77. The third kappa shape index (κ3) is 1.16. The van der Waals surface area contributed by atoms with E-state index in [0.29, 0.717) is 0 Å². The van der Waals surface area contributed by atoms with Crippen LogP contribution in [0.5, 0.6) is 0 Å². The minimum atomic E-state index is -0.0939. The van der Waals surface area contributed by atoms with Crippen molar-refractivity contribution in [2.24, 2.45) is 0 Å². The highest BCUT2D eigenvalue weighted by atomic mass is 16.2. The third-order valence-electron chi connectivity index (χ3n) is 2.81. The summed E-state index contributed by atoms with van der Waals surface area (Å²) in [5.74, 6) is 0.0607. The predicted molar refractivity (Wildman–Crippen MR) is 57.7 cm³/mol. The number of carbonyl (C=O) groups is 1. The van der Waals surface area contributed by atoms with E-state index in [2.05, 4.69) is 18.3 Å². The summed E-state index contributed by atoms with van der Waals surface area (Å²) in [6.45, 7) is 3.96. The van der Waals surface area contributed by atoms with Gasteiger partial charge in [-0.3, -0.25) is 4.79 Å². The summed E-state index contributed by atoms with van der Waals surface area (Å²) in [5, 5.41) is 2.90. The van der Waals surface area contributed by atoms with Crippen molar-refractivity contribution in [3.05, 3.63) is 23.8 Å². The minimum absolute atomic E-state index is 0.0607. The Hall–Kier alpha value is -1.51. The van der Waals surface area contributed by atoms with Crippen molar-refractivity contribution >= 4 is 17.3 Å². The molecule has 74 valence electrons. The summed E-state index contributed by atoms with van der Waals surface area (Å²) < 4.78 is 0. The SMILES string of the molecule is Cc1cccc2c1N(C)C(C)C(=O)N2.